The highest BCUT2D eigenvalue weighted by atomic mass is 32.2. The van der Waals surface area contributed by atoms with E-state index in [4.69, 9.17) is 5.73 Å². The second-order valence-corrected chi connectivity index (χ2v) is 7.54. The molecule has 0 aliphatic carbocycles. The van der Waals surface area contributed by atoms with Crippen LogP contribution in [0.3, 0.4) is 0 Å². The standard InChI is InChI=1S/C13H22N4O4S/c1-9(2)13(3,14)8-16-11-6-5-10(22(20,21)15-4)7-12(11)17(18)19/h5-7,9,15-16H,8,14H2,1-4H3. The normalized spacial score (nSPS) is 14.6. The van der Waals surface area contributed by atoms with Gasteiger partial charge >= 0.3 is 0 Å². The number of nitrogens with one attached hydrogen (secondary N) is 2. The van der Waals surface area contributed by atoms with E-state index in [0.29, 0.717) is 6.54 Å². The molecule has 0 radical (unpaired) electrons. The molecule has 0 aromatic heterocycles. The minimum absolute atomic E-state index is 0.161. The van der Waals surface area contributed by atoms with Crippen molar-refractivity contribution in [3.63, 3.8) is 0 Å². The summed E-state index contributed by atoms with van der Waals surface area (Å²) in [5.41, 5.74) is 5.49. The maximum Gasteiger partial charge on any atom is 0.293 e. The van der Waals surface area contributed by atoms with Crippen LogP contribution in [0, 0.1) is 16.0 Å². The lowest BCUT2D eigenvalue weighted by Crippen LogP contribution is -2.47. The lowest BCUT2D eigenvalue weighted by molar-refractivity contribution is -0.384. The molecular formula is C13H22N4O4S. The Kier molecular flexibility index (Phi) is 5.49. The summed E-state index contributed by atoms with van der Waals surface area (Å²) in [6.07, 6.45) is 0. The first-order valence-electron chi connectivity index (χ1n) is 6.76. The topological polar surface area (TPSA) is 127 Å². The van der Waals surface area contributed by atoms with E-state index in [0.717, 1.165) is 6.07 Å². The van der Waals surface area contributed by atoms with Gasteiger partial charge in [0.25, 0.3) is 5.69 Å². The maximum atomic E-state index is 11.7. The third kappa shape index (κ3) is 4.15. The molecule has 1 rings (SSSR count). The van der Waals surface area contributed by atoms with Crippen LogP contribution in [0.2, 0.25) is 0 Å². The van der Waals surface area contributed by atoms with Crippen LogP contribution in [0.15, 0.2) is 23.1 Å². The number of nitro groups is 1. The Labute approximate surface area is 130 Å². The summed E-state index contributed by atoms with van der Waals surface area (Å²) >= 11 is 0. The third-order valence-electron chi connectivity index (χ3n) is 3.72. The highest BCUT2D eigenvalue weighted by molar-refractivity contribution is 7.89. The van der Waals surface area contributed by atoms with Gasteiger partial charge in [0.15, 0.2) is 0 Å². The van der Waals surface area contributed by atoms with Crippen molar-refractivity contribution in [1.29, 1.82) is 0 Å². The molecule has 0 aliphatic heterocycles. The van der Waals surface area contributed by atoms with Crippen LogP contribution in [0.4, 0.5) is 11.4 Å². The second-order valence-electron chi connectivity index (χ2n) is 5.66. The van der Waals surface area contributed by atoms with Gasteiger partial charge in [-0.15, -0.1) is 0 Å². The van der Waals surface area contributed by atoms with E-state index in [-0.39, 0.29) is 22.2 Å². The zero-order chi connectivity index (χ0) is 17.1. The molecule has 1 aromatic rings. The molecule has 0 bridgehead atoms. The number of nitrogens with two attached hydrogens (primary N) is 1. The first-order chi connectivity index (χ1) is 10.0. The Bertz CT molecular complexity index is 656. The van der Waals surface area contributed by atoms with Crippen LogP contribution < -0.4 is 15.8 Å². The number of nitro benzene ring substituents is 1. The van der Waals surface area contributed by atoms with Gasteiger partial charge in [0.05, 0.1) is 9.82 Å². The van der Waals surface area contributed by atoms with E-state index in [1.165, 1.54) is 19.2 Å². The SMILES string of the molecule is CNS(=O)(=O)c1ccc(NCC(C)(N)C(C)C)c([N+](=O)[O-])c1. The van der Waals surface area contributed by atoms with Crippen molar-refractivity contribution in [2.75, 3.05) is 18.9 Å². The fourth-order valence-corrected chi connectivity index (χ4v) is 2.34. The third-order valence-corrected chi connectivity index (χ3v) is 5.14. The van der Waals surface area contributed by atoms with Crippen molar-refractivity contribution in [3.05, 3.63) is 28.3 Å². The Morgan fingerprint density at radius 3 is 2.45 bits per heavy atom. The lowest BCUT2D eigenvalue weighted by atomic mass is 9.89. The predicted molar refractivity (Wildman–Crippen MR) is 85.3 cm³/mol. The summed E-state index contributed by atoms with van der Waals surface area (Å²) in [7, 11) is -2.49. The summed E-state index contributed by atoms with van der Waals surface area (Å²) in [4.78, 5) is 10.4. The second kappa shape index (κ2) is 6.59. The first kappa shape index (κ1) is 18.3. The van der Waals surface area contributed by atoms with Crippen molar-refractivity contribution in [1.82, 2.24) is 4.72 Å². The minimum Gasteiger partial charge on any atom is -0.378 e. The Hall–Kier alpha value is -1.71. The molecule has 124 valence electrons. The number of anilines is 1. The van der Waals surface area contributed by atoms with Crippen molar-refractivity contribution in [2.45, 2.75) is 31.2 Å². The Morgan fingerprint density at radius 2 is 2.00 bits per heavy atom. The monoisotopic (exact) mass is 330 g/mol. The molecule has 0 aliphatic rings. The number of hydrogen-bond donors (Lipinski definition) is 3. The Balaban J connectivity index is 3.15. The molecule has 0 amide bonds. The van der Waals surface area contributed by atoms with Crippen LogP contribution in [-0.4, -0.2) is 32.5 Å². The van der Waals surface area contributed by atoms with Crippen LogP contribution in [0.1, 0.15) is 20.8 Å². The molecule has 0 saturated carbocycles. The zero-order valence-corrected chi connectivity index (χ0v) is 13.9. The smallest absolute Gasteiger partial charge is 0.293 e. The van der Waals surface area contributed by atoms with E-state index in [2.05, 4.69) is 10.0 Å². The highest BCUT2D eigenvalue weighted by Gasteiger charge is 2.25. The molecule has 1 unspecified atom stereocenters. The van der Waals surface area contributed by atoms with Gasteiger partial charge in [0.1, 0.15) is 5.69 Å². The largest absolute Gasteiger partial charge is 0.378 e. The van der Waals surface area contributed by atoms with Gasteiger partial charge in [-0.25, -0.2) is 13.1 Å². The van der Waals surface area contributed by atoms with Crippen molar-refractivity contribution < 1.29 is 13.3 Å². The molecule has 0 fully saturated rings. The number of benzene rings is 1. The van der Waals surface area contributed by atoms with Crippen LogP contribution in [-0.2, 0) is 10.0 Å². The highest BCUT2D eigenvalue weighted by Crippen LogP contribution is 2.28. The predicted octanol–water partition coefficient (Wildman–Crippen LogP) is 1.29. The van der Waals surface area contributed by atoms with Gasteiger partial charge in [-0.1, -0.05) is 13.8 Å². The van der Waals surface area contributed by atoms with Crippen molar-refractivity contribution in [3.8, 4) is 0 Å². The maximum absolute atomic E-state index is 11.7. The Morgan fingerprint density at radius 1 is 1.41 bits per heavy atom. The molecule has 1 aromatic carbocycles. The van der Waals surface area contributed by atoms with Crippen molar-refractivity contribution >= 4 is 21.4 Å². The molecule has 8 nitrogen and oxygen atoms in total. The molecule has 0 heterocycles. The molecule has 9 heteroatoms. The summed E-state index contributed by atoms with van der Waals surface area (Å²) < 4.78 is 25.6. The van der Waals surface area contributed by atoms with E-state index >= 15 is 0 Å². The molecule has 0 saturated heterocycles. The summed E-state index contributed by atoms with van der Waals surface area (Å²) in [6.45, 7) is 6.08. The fourth-order valence-electron chi connectivity index (χ4n) is 1.59. The van der Waals surface area contributed by atoms with E-state index < -0.39 is 20.5 Å². The summed E-state index contributed by atoms with van der Waals surface area (Å²) in [6, 6.07) is 3.71. The molecule has 22 heavy (non-hydrogen) atoms. The van der Waals surface area contributed by atoms with Gasteiger partial charge in [0, 0.05) is 18.2 Å². The molecule has 4 N–H and O–H groups in total. The number of rotatable bonds is 7. The van der Waals surface area contributed by atoms with Gasteiger partial charge in [-0.3, -0.25) is 10.1 Å². The zero-order valence-electron chi connectivity index (χ0n) is 13.1. The number of nitrogens with zero attached hydrogens (tertiary/aromatic N) is 1. The van der Waals surface area contributed by atoms with Gasteiger partial charge < -0.3 is 11.1 Å². The van der Waals surface area contributed by atoms with Crippen LogP contribution in [0.25, 0.3) is 0 Å². The average molecular weight is 330 g/mol. The van der Waals surface area contributed by atoms with Crippen molar-refractivity contribution in [2.24, 2.45) is 11.7 Å². The van der Waals surface area contributed by atoms with E-state index in [1.54, 1.807) is 0 Å². The quantitative estimate of drug-likeness (QED) is 0.510. The number of hydrogen-bond acceptors (Lipinski definition) is 6. The van der Waals surface area contributed by atoms with Gasteiger partial charge in [-0.05, 0) is 32.0 Å². The van der Waals surface area contributed by atoms with Gasteiger partial charge in [0.2, 0.25) is 10.0 Å². The van der Waals surface area contributed by atoms with Gasteiger partial charge in [-0.2, -0.15) is 0 Å². The molecule has 1 atom stereocenters. The summed E-state index contributed by atoms with van der Waals surface area (Å²) in [5.74, 6) is 0.169. The average Bonchev–Trinajstić information content (AvgIpc) is 2.44. The summed E-state index contributed by atoms with van der Waals surface area (Å²) in [5, 5.41) is 14.1. The van der Waals surface area contributed by atoms with Crippen LogP contribution >= 0.6 is 0 Å². The minimum atomic E-state index is -3.73. The lowest BCUT2D eigenvalue weighted by Gasteiger charge is -2.29. The number of sulfonamides is 1. The molecule has 0 spiro atoms. The first-order valence-corrected chi connectivity index (χ1v) is 8.24. The van der Waals surface area contributed by atoms with E-state index in [9.17, 15) is 18.5 Å². The van der Waals surface area contributed by atoms with Crippen LogP contribution in [0.5, 0.6) is 0 Å². The van der Waals surface area contributed by atoms with E-state index in [1.807, 2.05) is 20.8 Å². The molecular weight excluding hydrogens is 308 g/mol. The fraction of sp³-hybridized carbons (Fsp3) is 0.538.